The Morgan fingerprint density at radius 1 is 1.17 bits per heavy atom. The number of aromatic nitrogens is 3. The average molecular weight is 404 g/mol. The second kappa shape index (κ2) is 7.65. The number of anilines is 2. The Bertz CT molecular complexity index is 1130. The van der Waals surface area contributed by atoms with Crippen molar-refractivity contribution in [2.45, 2.75) is 0 Å². The van der Waals surface area contributed by atoms with E-state index in [4.69, 9.17) is 0 Å². The fraction of sp³-hybridized carbons (Fsp3) is 0.190. The van der Waals surface area contributed by atoms with Gasteiger partial charge < -0.3 is 20.5 Å². The molecular formula is C21H20N6OS. The molecule has 8 heteroatoms. The minimum atomic E-state index is -0.229. The molecule has 0 bridgehead atoms. The van der Waals surface area contributed by atoms with Crippen LogP contribution >= 0.6 is 11.3 Å². The number of amides is 1. The van der Waals surface area contributed by atoms with Gasteiger partial charge in [0, 0.05) is 48.7 Å². The number of benzene rings is 1. The topological polar surface area (TPSA) is 85.9 Å². The van der Waals surface area contributed by atoms with Gasteiger partial charge in [-0.25, -0.2) is 4.98 Å². The first-order valence-electron chi connectivity index (χ1n) is 9.52. The molecule has 29 heavy (non-hydrogen) atoms. The Kier molecular flexibility index (Phi) is 4.71. The van der Waals surface area contributed by atoms with Crippen molar-refractivity contribution in [1.82, 2.24) is 20.3 Å². The lowest BCUT2D eigenvalue weighted by molar-refractivity contribution is 0.102. The zero-order chi connectivity index (χ0) is 19.6. The molecule has 7 nitrogen and oxygen atoms in total. The van der Waals surface area contributed by atoms with Gasteiger partial charge in [0.25, 0.3) is 5.91 Å². The van der Waals surface area contributed by atoms with E-state index < -0.39 is 0 Å². The quantitative estimate of drug-likeness (QED) is 0.486. The van der Waals surface area contributed by atoms with E-state index in [1.165, 1.54) is 11.3 Å². The monoisotopic (exact) mass is 404 g/mol. The Morgan fingerprint density at radius 2 is 2.03 bits per heavy atom. The average Bonchev–Trinajstić information content (AvgIpc) is 3.42. The molecule has 3 aromatic heterocycles. The van der Waals surface area contributed by atoms with Crippen LogP contribution in [0.5, 0.6) is 0 Å². The molecule has 0 radical (unpaired) electrons. The maximum absolute atomic E-state index is 12.8. The standard InChI is InChI=1S/C21H20N6OS/c28-20(25-17-12-23-6-5-19(17)27-9-7-22-8-10-27)18-13-29-21(26-18)16-11-14-3-1-2-4-15(14)24-16/h1-6,11-13,22,24H,7-10H2,(H,25,28). The fourth-order valence-corrected chi connectivity index (χ4v) is 4.31. The van der Waals surface area contributed by atoms with Crippen LogP contribution in [0.3, 0.4) is 0 Å². The first-order valence-corrected chi connectivity index (χ1v) is 10.4. The van der Waals surface area contributed by atoms with Crippen LogP contribution < -0.4 is 15.5 Å². The summed E-state index contributed by atoms with van der Waals surface area (Å²) < 4.78 is 0. The molecule has 1 saturated heterocycles. The SMILES string of the molecule is O=C(Nc1cnccc1N1CCNCC1)c1csc(-c2cc3ccccc3[nH]2)n1. The predicted molar refractivity (Wildman–Crippen MR) is 117 cm³/mol. The lowest BCUT2D eigenvalue weighted by Crippen LogP contribution is -2.43. The van der Waals surface area contributed by atoms with Crippen LogP contribution in [-0.4, -0.2) is 47.0 Å². The molecule has 1 amide bonds. The van der Waals surface area contributed by atoms with Crippen LogP contribution in [0.4, 0.5) is 11.4 Å². The van der Waals surface area contributed by atoms with Crippen molar-refractivity contribution in [2.75, 3.05) is 36.4 Å². The van der Waals surface area contributed by atoms with Gasteiger partial charge >= 0.3 is 0 Å². The highest BCUT2D eigenvalue weighted by Gasteiger charge is 2.18. The molecule has 0 unspecified atom stereocenters. The number of aromatic amines is 1. The van der Waals surface area contributed by atoms with Gasteiger partial charge in [-0.05, 0) is 18.2 Å². The van der Waals surface area contributed by atoms with Gasteiger partial charge in [-0.3, -0.25) is 9.78 Å². The van der Waals surface area contributed by atoms with Crippen LogP contribution in [0.1, 0.15) is 10.5 Å². The number of thiazole rings is 1. The molecule has 5 rings (SSSR count). The largest absolute Gasteiger partial charge is 0.367 e. The Balaban J connectivity index is 1.37. The molecule has 0 spiro atoms. The number of para-hydroxylation sites is 1. The van der Waals surface area contributed by atoms with E-state index >= 15 is 0 Å². The molecule has 3 N–H and O–H groups in total. The Hall–Kier alpha value is -3.23. The summed E-state index contributed by atoms with van der Waals surface area (Å²) in [6, 6.07) is 12.1. The number of carbonyl (C=O) groups is 1. The highest BCUT2D eigenvalue weighted by atomic mass is 32.1. The number of fused-ring (bicyclic) bond motifs is 1. The summed E-state index contributed by atoms with van der Waals surface area (Å²) in [6.45, 7) is 3.65. The number of nitrogens with zero attached hydrogens (tertiary/aromatic N) is 3. The first-order chi connectivity index (χ1) is 14.3. The second-order valence-corrected chi connectivity index (χ2v) is 7.75. The maximum atomic E-state index is 12.8. The summed E-state index contributed by atoms with van der Waals surface area (Å²) in [5.41, 5.74) is 4.07. The number of nitrogens with one attached hydrogen (secondary N) is 3. The highest BCUT2D eigenvalue weighted by Crippen LogP contribution is 2.28. The van der Waals surface area contributed by atoms with Gasteiger partial charge in [0.15, 0.2) is 0 Å². The summed E-state index contributed by atoms with van der Waals surface area (Å²) >= 11 is 1.45. The van der Waals surface area contributed by atoms with E-state index in [-0.39, 0.29) is 5.91 Å². The molecule has 146 valence electrons. The third-order valence-corrected chi connectivity index (χ3v) is 5.88. The second-order valence-electron chi connectivity index (χ2n) is 6.89. The van der Waals surface area contributed by atoms with Crippen molar-refractivity contribution < 1.29 is 4.79 Å². The summed E-state index contributed by atoms with van der Waals surface area (Å²) in [6.07, 6.45) is 3.45. The number of pyridine rings is 1. The van der Waals surface area contributed by atoms with Crippen LogP contribution in [0.25, 0.3) is 21.6 Å². The van der Waals surface area contributed by atoms with Crippen molar-refractivity contribution >= 4 is 39.5 Å². The van der Waals surface area contributed by atoms with Gasteiger partial charge in [-0.15, -0.1) is 11.3 Å². The summed E-state index contributed by atoms with van der Waals surface area (Å²) in [7, 11) is 0. The summed E-state index contributed by atoms with van der Waals surface area (Å²) in [5, 5.41) is 10.0. The molecule has 0 atom stereocenters. The molecular weight excluding hydrogens is 384 g/mol. The first kappa shape index (κ1) is 17.8. The number of carbonyl (C=O) groups excluding carboxylic acids is 1. The van der Waals surface area contributed by atoms with Crippen molar-refractivity contribution in [3.63, 3.8) is 0 Å². The van der Waals surface area contributed by atoms with Crippen molar-refractivity contribution in [1.29, 1.82) is 0 Å². The van der Waals surface area contributed by atoms with Gasteiger partial charge in [0.1, 0.15) is 10.7 Å². The van der Waals surface area contributed by atoms with E-state index in [1.807, 2.05) is 24.3 Å². The smallest absolute Gasteiger partial charge is 0.275 e. The zero-order valence-electron chi connectivity index (χ0n) is 15.7. The Morgan fingerprint density at radius 3 is 2.90 bits per heavy atom. The van der Waals surface area contributed by atoms with Crippen molar-refractivity contribution in [3.05, 3.63) is 59.9 Å². The normalized spacial score (nSPS) is 14.3. The molecule has 1 aliphatic heterocycles. The minimum absolute atomic E-state index is 0.229. The number of piperazine rings is 1. The van der Waals surface area contributed by atoms with E-state index in [1.54, 1.807) is 17.8 Å². The molecule has 1 aromatic carbocycles. The van der Waals surface area contributed by atoms with E-state index in [0.717, 1.165) is 53.5 Å². The third-order valence-electron chi connectivity index (χ3n) is 5.00. The van der Waals surface area contributed by atoms with E-state index in [2.05, 4.69) is 42.6 Å². The molecule has 4 aromatic rings. The number of rotatable bonds is 4. The minimum Gasteiger partial charge on any atom is -0.367 e. The van der Waals surface area contributed by atoms with Gasteiger partial charge in [0.2, 0.25) is 0 Å². The van der Waals surface area contributed by atoms with Crippen LogP contribution in [0.15, 0.2) is 54.2 Å². The lowest BCUT2D eigenvalue weighted by atomic mass is 10.2. The number of hydrogen-bond acceptors (Lipinski definition) is 6. The number of H-pyrrole nitrogens is 1. The van der Waals surface area contributed by atoms with Gasteiger partial charge in [-0.1, -0.05) is 18.2 Å². The maximum Gasteiger partial charge on any atom is 0.275 e. The third kappa shape index (κ3) is 3.59. The van der Waals surface area contributed by atoms with Crippen LogP contribution in [0.2, 0.25) is 0 Å². The van der Waals surface area contributed by atoms with Crippen molar-refractivity contribution in [2.24, 2.45) is 0 Å². The molecule has 4 heterocycles. The molecule has 0 aliphatic carbocycles. The summed E-state index contributed by atoms with van der Waals surface area (Å²) in [4.78, 5) is 27.2. The van der Waals surface area contributed by atoms with E-state index in [0.29, 0.717) is 11.4 Å². The van der Waals surface area contributed by atoms with Crippen molar-refractivity contribution in [3.8, 4) is 10.7 Å². The predicted octanol–water partition coefficient (Wildman–Crippen LogP) is 3.35. The lowest BCUT2D eigenvalue weighted by Gasteiger charge is -2.30. The fourth-order valence-electron chi connectivity index (χ4n) is 3.54. The summed E-state index contributed by atoms with van der Waals surface area (Å²) in [5.74, 6) is -0.229. The zero-order valence-corrected chi connectivity index (χ0v) is 16.5. The Labute approximate surface area is 171 Å². The van der Waals surface area contributed by atoms with Gasteiger partial charge in [-0.2, -0.15) is 0 Å². The van der Waals surface area contributed by atoms with Crippen LogP contribution in [0, 0.1) is 0 Å². The molecule has 0 saturated carbocycles. The van der Waals surface area contributed by atoms with Crippen LogP contribution in [-0.2, 0) is 0 Å². The highest BCUT2D eigenvalue weighted by molar-refractivity contribution is 7.13. The molecule has 1 aliphatic rings. The van der Waals surface area contributed by atoms with Gasteiger partial charge in [0.05, 0.1) is 23.3 Å². The van der Waals surface area contributed by atoms with E-state index in [9.17, 15) is 4.79 Å². The number of hydrogen-bond donors (Lipinski definition) is 3. The molecule has 1 fully saturated rings.